The summed E-state index contributed by atoms with van der Waals surface area (Å²) in [6.07, 6.45) is -0.212. The Balaban J connectivity index is 2.11. The van der Waals surface area contributed by atoms with Crippen LogP contribution in [0.15, 0.2) is 42.5 Å². The summed E-state index contributed by atoms with van der Waals surface area (Å²) in [5, 5.41) is 4.86. The second kappa shape index (κ2) is 6.80. The fourth-order valence-electron chi connectivity index (χ4n) is 1.91. The standard InChI is InChI=1S/C16H14F2N2O2/c1-10(21)19-12-6-7-14(18)15(9-12)20-16(22)8-11-4-2-3-5-13(11)17/h2-7,9H,8H2,1H3,(H,19,21)(H,20,22). The molecule has 0 bridgehead atoms. The van der Waals surface area contributed by atoms with Crippen LogP contribution in [-0.4, -0.2) is 11.8 Å². The van der Waals surface area contributed by atoms with Crippen molar-refractivity contribution in [2.24, 2.45) is 0 Å². The first-order valence-corrected chi connectivity index (χ1v) is 6.56. The maximum atomic E-state index is 13.7. The van der Waals surface area contributed by atoms with Crippen LogP contribution in [0.4, 0.5) is 20.2 Å². The Labute approximate surface area is 126 Å². The first-order chi connectivity index (χ1) is 10.5. The van der Waals surface area contributed by atoms with E-state index in [4.69, 9.17) is 0 Å². The molecule has 0 heterocycles. The summed E-state index contributed by atoms with van der Waals surface area (Å²) in [6, 6.07) is 9.68. The summed E-state index contributed by atoms with van der Waals surface area (Å²) < 4.78 is 27.2. The van der Waals surface area contributed by atoms with Crippen molar-refractivity contribution in [3.05, 3.63) is 59.7 Å². The Hall–Kier alpha value is -2.76. The molecular weight excluding hydrogens is 290 g/mol. The Kier molecular flexibility index (Phi) is 4.83. The summed E-state index contributed by atoms with van der Waals surface area (Å²) in [5.74, 6) is -2.00. The number of carbonyl (C=O) groups excluding carboxylic acids is 2. The molecule has 0 unspecified atom stereocenters. The molecule has 0 spiro atoms. The number of anilines is 2. The number of carbonyl (C=O) groups is 2. The third kappa shape index (κ3) is 4.12. The van der Waals surface area contributed by atoms with E-state index in [1.807, 2.05) is 0 Å². The molecule has 0 fully saturated rings. The van der Waals surface area contributed by atoms with E-state index in [1.165, 1.54) is 37.3 Å². The molecule has 2 aromatic rings. The number of rotatable bonds is 4. The van der Waals surface area contributed by atoms with Crippen molar-refractivity contribution >= 4 is 23.2 Å². The first kappa shape index (κ1) is 15.6. The van der Waals surface area contributed by atoms with Gasteiger partial charge in [0.1, 0.15) is 11.6 Å². The molecule has 0 aliphatic carbocycles. The Bertz CT molecular complexity index is 717. The van der Waals surface area contributed by atoms with E-state index in [-0.39, 0.29) is 23.6 Å². The lowest BCUT2D eigenvalue weighted by Gasteiger charge is -2.09. The monoisotopic (exact) mass is 304 g/mol. The molecule has 114 valence electrons. The number of amides is 2. The molecule has 0 aromatic heterocycles. The van der Waals surface area contributed by atoms with Crippen molar-refractivity contribution in [2.45, 2.75) is 13.3 Å². The van der Waals surface area contributed by atoms with E-state index in [0.717, 1.165) is 6.07 Å². The SMILES string of the molecule is CC(=O)Nc1ccc(F)c(NC(=O)Cc2ccccc2F)c1. The lowest BCUT2D eigenvalue weighted by Crippen LogP contribution is -2.16. The zero-order valence-corrected chi connectivity index (χ0v) is 11.8. The molecule has 0 saturated heterocycles. The highest BCUT2D eigenvalue weighted by Crippen LogP contribution is 2.20. The van der Waals surface area contributed by atoms with E-state index in [0.29, 0.717) is 5.69 Å². The molecule has 6 heteroatoms. The molecule has 4 nitrogen and oxygen atoms in total. The van der Waals surface area contributed by atoms with Crippen LogP contribution in [0.5, 0.6) is 0 Å². The molecule has 2 amide bonds. The van der Waals surface area contributed by atoms with Crippen LogP contribution in [-0.2, 0) is 16.0 Å². The number of benzene rings is 2. The quantitative estimate of drug-likeness (QED) is 0.912. The summed E-state index contributed by atoms with van der Waals surface area (Å²) in [5.41, 5.74) is 0.501. The molecule has 2 N–H and O–H groups in total. The Morgan fingerprint density at radius 2 is 1.73 bits per heavy atom. The number of halogens is 2. The van der Waals surface area contributed by atoms with E-state index >= 15 is 0 Å². The summed E-state index contributed by atoms with van der Waals surface area (Å²) in [4.78, 5) is 22.9. The number of hydrogen-bond acceptors (Lipinski definition) is 2. The minimum atomic E-state index is -0.643. The maximum Gasteiger partial charge on any atom is 0.228 e. The zero-order chi connectivity index (χ0) is 16.1. The molecular formula is C16H14F2N2O2. The van der Waals surface area contributed by atoms with Gasteiger partial charge in [0.25, 0.3) is 0 Å². The van der Waals surface area contributed by atoms with Crippen LogP contribution in [0.1, 0.15) is 12.5 Å². The van der Waals surface area contributed by atoms with Crippen molar-refractivity contribution < 1.29 is 18.4 Å². The fourth-order valence-corrected chi connectivity index (χ4v) is 1.91. The van der Waals surface area contributed by atoms with Crippen LogP contribution in [0.2, 0.25) is 0 Å². The zero-order valence-electron chi connectivity index (χ0n) is 11.8. The second-order valence-corrected chi connectivity index (χ2v) is 4.69. The van der Waals surface area contributed by atoms with Gasteiger partial charge in [-0.05, 0) is 29.8 Å². The predicted octanol–water partition coefficient (Wildman–Crippen LogP) is 3.10. The van der Waals surface area contributed by atoms with E-state index < -0.39 is 17.5 Å². The molecule has 0 aliphatic rings. The molecule has 0 radical (unpaired) electrons. The highest BCUT2D eigenvalue weighted by atomic mass is 19.1. The van der Waals surface area contributed by atoms with Gasteiger partial charge in [0.05, 0.1) is 12.1 Å². The molecule has 0 saturated carbocycles. The summed E-state index contributed by atoms with van der Waals surface area (Å²) in [7, 11) is 0. The van der Waals surface area contributed by atoms with Gasteiger partial charge < -0.3 is 10.6 Å². The summed E-state index contributed by atoms with van der Waals surface area (Å²) in [6.45, 7) is 1.32. The molecule has 0 aliphatic heterocycles. The largest absolute Gasteiger partial charge is 0.326 e. The van der Waals surface area contributed by atoms with E-state index in [1.54, 1.807) is 6.07 Å². The van der Waals surface area contributed by atoms with Crippen LogP contribution in [0, 0.1) is 11.6 Å². The van der Waals surface area contributed by atoms with Gasteiger partial charge >= 0.3 is 0 Å². The van der Waals surface area contributed by atoms with Crippen LogP contribution < -0.4 is 10.6 Å². The predicted molar refractivity (Wildman–Crippen MR) is 79.4 cm³/mol. The van der Waals surface area contributed by atoms with Crippen molar-refractivity contribution in [3.8, 4) is 0 Å². The van der Waals surface area contributed by atoms with Gasteiger partial charge in [-0.3, -0.25) is 9.59 Å². The maximum absolute atomic E-state index is 13.7. The van der Waals surface area contributed by atoms with Crippen LogP contribution >= 0.6 is 0 Å². The third-order valence-corrected chi connectivity index (χ3v) is 2.87. The third-order valence-electron chi connectivity index (χ3n) is 2.87. The molecule has 2 rings (SSSR count). The van der Waals surface area contributed by atoms with Gasteiger partial charge in [0, 0.05) is 12.6 Å². The minimum Gasteiger partial charge on any atom is -0.326 e. The van der Waals surface area contributed by atoms with Gasteiger partial charge in [0.15, 0.2) is 0 Å². The highest BCUT2D eigenvalue weighted by Gasteiger charge is 2.11. The normalized spacial score (nSPS) is 10.1. The van der Waals surface area contributed by atoms with Crippen molar-refractivity contribution in [2.75, 3.05) is 10.6 Å². The van der Waals surface area contributed by atoms with Gasteiger partial charge in [0.2, 0.25) is 11.8 Å². The van der Waals surface area contributed by atoms with Crippen molar-refractivity contribution in [3.63, 3.8) is 0 Å². The highest BCUT2D eigenvalue weighted by molar-refractivity contribution is 5.94. The average Bonchev–Trinajstić information content (AvgIpc) is 2.44. The van der Waals surface area contributed by atoms with E-state index in [9.17, 15) is 18.4 Å². The smallest absolute Gasteiger partial charge is 0.228 e. The Morgan fingerprint density at radius 3 is 2.41 bits per heavy atom. The molecule has 2 aromatic carbocycles. The molecule has 22 heavy (non-hydrogen) atoms. The number of nitrogens with one attached hydrogen (secondary N) is 2. The van der Waals surface area contributed by atoms with Gasteiger partial charge in [-0.1, -0.05) is 18.2 Å². The fraction of sp³-hybridized carbons (Fsp3) is 0.125. The number of hydrogen-bond donors (Lipinski definition) is 2. The summed E-state index contributed by atoms with van der Waals surface area (Å²) >= 11 is 0. The van der Waals surface area contributed by atoms with E-state index in [2.05, 4.69) is 10.6 Å². The van der Waals surface area contributed by atoms with Crippen molar-refractivity contribution in [1.82, 2.24) is 0 Å². The van der Waals surface area contributed by atoms with Gasteiger partial charge in [-0.2, -0.15) is 0 Å². The van der Waals surface area contributed by atoms with Crippen LogP contribution in [0.25, 0.3) is 0 Å². The second-order valence-electron chi connectivity index (χ2n) is 4.69. The Morgan fingerprint density at radius 1 is 1.00 bits per heavy atom. The van der Waals surface area contributed by atoms with Gasteiger partial charge in [-0.15, -0.1) is 0 Å². The first-order valence-electron chi connectivity index (χ1n) is 6.56. The average molecular weight is 304 g/mol. The van der Waals surface area contributed by atoms with Crippen molar-refractivity contribution in [1.29, 1.82) is 0 Å². The topological polar surface area (TPSA) is 58.2 Å². The molecule has 0 atom stereocenters. The lowest BCUT2D eigenvalue weighted by molar-refractivity contribution is -0.116. The van der Waals surface area contributed by atoms with Gasteiger partial charge in [-0.25, -0.2) is 8.78 Å². The van der Waals surface area contributed by atoms with Crippen LogP contribution in [0.3, 0.4) is 0 Å². The minimum absolute atomic E-state index is 0.0763. The lowest BCUT2D eigenvalue weighted by atomic mass is 10.1.